The van der Waals surface area contributed by atoms with Crippen molar-refractivity contribution in [2.75, 3.05) is 26.2 Å². The second-order valence-corrected chi connectivity index (χ2v) is 4.59. The van der Waals surface area contributed by atoms with Crippen molar-refractivity contribution in [3.05, 3.63) is 0 Å². The number of hydrogen-bond acceptors (Lipinski definition) is 2. The molecule has 0 bridgehead atoms. The van der Waals surface area contributed by atoms with Gasteiger partial charge in [0.05, 0.1) is 0 Å². The van der Waals surface area contributed by atoms with Crippen molar-refractivity contribution in [2.24, 2.45) is 5.41 Å². The van der Waals surface area contributed by atoms with E-state index in [1.165, 1.54) is 19.4 Å². The minimum atomic E-state index is 0.129. The number of rotatable bonds is 9. The molecule has 2 heteroatoms. The van der Waals surface area contributed by atoms with Gasteiger partial charge in [0.25, 0.3) is 0 Å². The van der Waals surface area contributed by atoms with E-state index in [0.717, 1.165) is 25.9 Å². The fourth-order valence-electron chi connectivity index (χ4n) is 1.95. The van der Waals surface area contributed by atoms with E-state index in [1.807, 2.05) is 0 Å². The molecule has 92 valence electrons. The lowest BCUT2D eigenvalue weighted by atomic mass is 9.82. The molecule has 0 aliphatic rings. The van der Waals surface area contributed by atoms with Crippen molar-refractivity contribution in [2.45, 2.75) is 53.4 Å². The SMILES string of the molecule is CCCCN(CC)CC(CC)(CC)CO. The highest BCUT2D eigenvalue weighted by Gasteiger charge is 2.27. The fourth-order valence-corrected chi connectivity index (χ4v) is 1.95. The van der Waals surface area contributed by atoms with Crippen molar-refractivity contribution >= 4 is 0 Å². The monoisotopic (exact) mass is 215 g/mol. The third-order valence-electron chi connectivity index (χ3n) is 3.67. The van der Waals surface area contributed by atoms with Crippen molar-refractivity contribution in [1.29, 1.82) is 0 Å². The van der Waals surface area contributed by atoms with Gasteiger partial charge in [0.15, 0.2) is 0 Å². The smallest absolute Gasteiger partial charge is 0.0499 e. The van der Waals surface area contributed by atoms with E-state index in [2.05, 4.69) is 32.6 Å². The summed E-state index contributed by atoms with van der Waals surface area (Å²) < 4.78 is 0. The lowest BCUT2D eigenvalue weighted by Crippen LogP contribution is -2.40. The van der Waals surface area contributed by atoms with E-state index in [4.69, 9.17) is 0 Å². The Morgan fingerprint density at radius 3 is 2.00 bits per heavy atom. The van der Waals surface area contributed by atoms with Gasteiger partial charge in [-0.1, -0.05) is 34.1 Å². The molecule has 0 aromatic carbocycles. The Morgan fingerprint density at radius 1 is 1.07 bits per heavy atom. The van der Waals surface area contributed by atoms with E-state index in [1.54, 1.807) is 0 Å². The lowest BCUT2D eigenvalue weighted by molar-refractivity contribution is 0.0672. The summed E-state index contributed by atoms with van der Waals surface area (Å²) in [7, 11) is 0. The van der Waals surface area contributed by atoms with Gasteiger partial charge in [-0.05, 0) is 32.4 Å². The van der Waals surface area contributed by atoms with Crippen LogP contribution in [0.25, 0.3) is 0 Å². The third-order valence-corrected chi connectivity index (χ3v) is 3.67. The zero-order valence-electron chi connectivity index (χ0n) is 11.1. The van der Waals surface area contributed by atoms with Crippen LogP contribution in [0.4, 0.5) is 0 Å². The molecule has 0 radical (unpaired) electrons. The zero-order chi connectivity index (χ0) is 11.7. The van der Waals surface area contributed by atoms with Crippen molar-refractivity contribution < 1.29 is 5.11 Å². The van der Waals surface area contributed by atoms with E-state index in [-0.39, 0.29) is 5.41 Å². The van der Waals surface area contributed by atoms with Gasteiger partial charge < -0.3 is 10.0 Å². The fraction of sp³-hybridized carbons (Fsp3) is 1.00. The zero-order valence-corrected chi connectivity index (χ0v) is 11.1. The molecular weight excluding hydrogens is 186 g/mol. The maximum atomic E-state index is 9.52. The molecule has 1 N–H and O–H groups in total. The van der Waals surface area contributed by atoms with Gasteiger partial charge >= 0.3 is 0 Å². The first kappa shape index (κ1) is 14.9. The summed E-state index contributed by atoms with van der Waals surface area (Å²) in [4.78, 5) is 2.48. The Bertz CT molecular complexity index is 135. The maximum Gasteiger partial charge on any atom is 0.0499 e. The van der Waals surface area contributed by atoms with Crippen LogP contribution in [-0.2, 0) is 0 Å². The standard InChI is InChI=1S/C13H29NO/c1-5-9-10-14(8-4)11-13(6-2,7-3)12-15/h15H,5-12H2,1-4H3. The van der Waals surface area contributed by atoms with Gasteiger partial charge in [-0.25, -0.2) is 0 Å². The Balaban J connectivity index is 4.21. The van der Waals surface area contributed by atoms with Crippen LogP contribution < -0.4 is 0 Å². The summed E-state index contributed by atoms with van der Waals surface area (Å²) in [5.74, 6) is 0. The van der Waals surface area contributed by atoms with Crippen molar-refractivity contribution in [3.63, 3.8) is 0 Å². The number of hydrogen-bond donors (Lipinski definition) is 1. The molecule has 0 aliphatic heterocycles. The van der Waals surface area contributed by atoms with E-state index < -0.39 is 0 Å². The number of nitrogens with zero attached hydrogens (tertiary/aromatic N) is 1. The average molecular weight is 215 g/mol. The predicted molar refractivity (Wildman–Crippen MR) is 67.1 cm³/mol. The Labute approximate surface area is 95.7 Å². The summed E-state index contributed by atoms with van der Waals surface area (Å²) >= 11 is 0. The third kappa shape index (κ3) is 4.98. The summed E-state index contributed by atoms with van der Waals surface area (Å²) in [6, 6.07) is 0. The van der Waals surface area contributed by atoms with Gasteiger partial charge in [0, 0.05) is 18.6 Å². The summed E-state index contributed by atoms with van der Waals surface area (Å²) in [6.07, 6.45) is 4.66. The minimum absolute atomic E-state index is 0.129. The molecule has 0 aromatic rings. The first-order chi connectivity index (χ1) is 7.17. The van der Waals surface area contributed by atoms with E-state index in [9.17, 15) is 5.11 Å². The van der Waals surface area contributed by atoms with Crippen molar-refractivity contribution in [1.82, 2.24) is 4.90 Å². The Kier molecular flexibility index (Phi) is 8.07. The topological polar surface area (TPSA) is 23.5 Å². The quantitative estimate of drug-likeness (QED) is 0.639. The van der Waals surface area contributed by atoms with Crippen molar-refractivity contribution in [3.8, 4) is 0 Å². The molecule has 15 heavy (non-hydrogen) atoms. The molecule has 0 aromatic heterocycles. The largest absolute Gasteiger partial charge is 0.396 e. The van der Waals surface area contributed by atoms with Crippen LogP contribution in [0, 0.1) is 5.41 Å². The highest BCUT2D eigenvalue weighted by molar-refractivity contribution is 4.79. The second kappa shape index (κ2) is 8.12. The summed E-state index contributed by atoms with van der Waals surface area (Å²) in [5.41, 5.74) is 0.129. The van der Waals surface area contributed by atoms with Crippen LogP contribution in [0.1, 0.15) is 53.4 Å². The van der Waals surface area contributed by atoms with Crippen LogP contribution in [0.3, 0.4) is 0 Å². The maximum absolute atomic E-state index is 9.52. The van der Waals surface area contributed by atoms with Gasteiger partial charge in [0.2, 0.25) is 0 Å². The molecule has 0 saturated heterocycles. The second-order valence-electron chi connectivity index (χ2n) is 4.59. The van der Waals surface area contributed by atoms with Gasteiger partial charge in [0.1, 0.15) is 0 Å². The Hall–Kier alpha value is -0.0800. The molecule has 0 heterocycles. The van der Waals surface area contributed by atoms with Gasteiger partial charge in [-0.15, -0.1) is 0 Å². The normalized spacial score (nSPS) is 12.4. The van der Waals surface area contributed by atoms with Crippen LogP contribution in [0.2, 0.25) is 0 Å². The van der Waals surface area contributed by atoms with Crippen LogP contribution in [0.5, 0.6) is 0 Å². The first-order valence-corrected chi connectivity index (χ1v) is 6.51. The minimum Gasteiger partial charge on any atom is -0.396 e. The summed E-state index contributed by atoms with van der Waals surface area (Å²) in [5, 5.41) is 9.52. The molecule has 0 aliphatic carbocycles. The molecule has 0 spiro atoms. The number of unbranched alkanes of at least 4 members (excludes halogenated alkanes) is 1. The lowest BCUT2D eigenvalue weighted by Gasteiger charge is -2.35. The highest BCUT2D eigenvalue weighted by atomic mass is 16.3. The van der Waals surface area contributed by atoms with E-state index >= 15 is 0 Å². The molecule has 2 nitrogen and oxygen atoms in total. The molecule has 0 rings (SSSR count). The molecule has 0 saturated carbocycles. The van der Waals surface area contributed by atoms with Crippen LogP contribution >= 0.6 is 0 Å². The van der Waals surface area contributed by atoms with E-state index in [0.29, 0.717) is 6.61 Å². The number of aliphatic hydroxyl groups excluding tert-OH is 1. The molecule has 0 fully saturated rings. The molecule has 0 atom stereocenters. The van der Waals surface area contributed by atoms with Gasteiger partial charge in [-0.2, -0.15) is 0 Å². The van der Waals surface area contributed by atoms with Crippen LogP contribution in [0.15, 0.2) is 0 Å². The Morgan fingerprint density at radius 2 is 1.67 bits per heavy atom. The average Bonchev–Trinajstić information content (AvgIpc) is 2.30. The first-order valence-electron chi connectivity index (χ1n) is 6.51. The predicted octanol–water partition coefficient (Wildman–Crippen LogP) is 2.91. The number of aliphatic hydroxyl groups is 1. The van der Waals surface area contributed by atoms with Crippen LogP contribution in [-0.4, -0.2) is 36.2 Å². The molecular formula is C13H29NO. The molecule has 0 unspecified atom stereocenters. The van der Waals surface area contributed by atoms with Gasteiger partial charge in [-0.3, -0.25) is 0 Å². The highest BCUT2D eigenvalue weighted by Crippen LogP contribution is 2.26. The molecule has 0 amide bonds. The summed E-state index contributed by atoms with van der Waals surface area (Å²) in [6.45, 7) is 12.5.